The second kappa shape index (κ2) is 11.4. The molecule has 0 bridgehead atoms. The van der Waals surface area contributed by atoms with Crippen molar-refractivity contribution in [1.82, 2.24) is 20.0 Å². The first kappa shape index (κ1) is 24.8. The Kier molecular flexibility index (Phi) is 8.09. The molecular formula is C26H32N4O5. The van der Waals surface area contributed by atoms with E-state index in [9.17, 15) is 19.2 Å². The SMILES string of the molecule is COCCCNC(=O)CN1CCN(C(=O)CCCN2C(=O)c3cccc4cccc(c34)C2=O)CC1. The lowest BCUT2D eigenvalue weighted by atomic mass is 9.94. The molecule has 0 saturated carbocycles. The van der Waals surface area contributed by atoms with Gasteiger partial charge in [-0.3, -0.25) is 29.0 Å². The fourth-order valence-electron chi connectivity index (χ4n) is 4.69. The predicted molar refractivity (Wildman–Crippen MR) is 131 cm³/mol. The summed E-state index contributed by atoms with van der Waals surface area (Å²) >= 11 is 0. The summed E-state index contributed by atoms with van der Waals surface area (Å²) in [5.41, 5.74) is 1.06. The van der Waals surface area contributed by atoms with E-state index in [2.05, 4.69) is 5.32 Å². The summed E-state index contributed by atoms with van der Waals surface area (Å²) in [7, 11) is 1.63. The maximum atomic E-state index is 13.0. The van der Waals surface area contributed by atoms with Gasteiger partial charge in [-0.2, -0.15) is 0 Å². The quantitative estimate of drug-likeness (QED) is 0.409. The Morgan fingerprint density at radius 1 is 0.943 bits per heavy atom. The molecule has 0 atom stereocenters. The third-order valence-electron chi connectivity index (χ3n) is 6.57. The molecule has 0 radical (unpaired) electrons. The molecule has 1 N–H and O–H groups in total. The van der Waals surface area contributed by atoms with E-state index in [1.165, 1.54) is 4.90 Å². The summed E-state index contributed by atoms with van der Waals surface area (Å²) in [4.78, 5) is 55.8. The van der Waals surface area contributed by atoms with Crippen molar-refractivity contribution in [1.29, 1.82) is 0 Å². The number of benzene rings is 2. The minimum absolute atomic E-state index is 0.00748. The fourth-order valence-corrected chi connectivity index (χ4v) is 4.69. The molecule has 9 heteroatoms. The lowest BCUT2D eigenvalue weighted by Crippen LogP contribution is -2.51. The highest BCUT2D eigenvalue weighted by molar-refractivity contribution is 6.25. The summed E-state index contributed by atoms with van der Waals surface area (Å²) in [5.74, 6) is -0.621. The number of ether oxygens (including phenoxy) is 1. The summed E-state index contributed by atoms with van der Waals surface area (Å²) in [6, 6.07) is 10.9. The van der Waals surface area contributed by atoms with Gasteiger partial charge < -0.3 is 15.0 Å². The molecule has 0 aromatic heterocycles. The van der Waals surface area contributed by atoms with Crippen LogP contribution < -0.4 is 5.32 Å². The number of carbonyl (C=O) groups excluding carboxylic acids is 4. The van der Waals surface area contributed by atoms with E-state index in [1.54, 1.807) is 24.1 Å². The van der Waals surface area contributed by atoms with Crippen LogP contribution in [0.5, 0.6) is 0 Å². The number of nitrogens with one attached hydrogen (secondary N) is 1. The molecule has 186 valence electrons. The van der Waals surface area contributed by atoms with Gasteiger partial charge in [0.1, 0.15) is 0 Å². The maximum absolute atomic E-state index is 13.0. The van der Waals surface area contributed by atoms with E-state index in [4.69, 9.17) is 4.74 Å². The van der Waals surface area contributed by atoms with Gasteiger partial charge in [0.25, 0.3) is 11.8 Å². The molecule has 9 nitrogen and oxygen atoms in total. The molecule has 0 aliphatic carbocycles. The highest BCUT2D eigenvalue weighted by Gasteiger charge is 2.32. The zero-order valence-electron chi connectivity index (χ0n) is 20.1. The number of rotatable bonds is 10. The number of carbonyl (C=O) groups is 4. The minimum Gasteiger partial charge on any atom is -0.385 e. The first-order chi connectivity index (χ1) is 17.0. The number of imide groups is 1. The van der Waals surface area contributed by atoms with E-state index >= 15 is 0 Å². The number of hydrogen-bond donors (Lipinski definition) is 1. The average molecular weight is 481 g/mol. The van der Waals surface area contributed by atoms with Crippen molar-refractivity contribution < 1.29 is 23.9 Å². The minimum atomic E-state index is -0.305. The Morgan fingerprint density at radius 2 is 1.60 bits per heavy atom. The van der Waals surface area contributed by atoms with Crippen LogP contribution in [0.25, 0.3) is 10.8 Å². The largest absolute Gasteiger partial charge is 0.385 e. The molecule has 1 saturated heterocycles. The molecule has 4 amide bonds. The topological polar surface area (TPSA) is 99.3 Å². The molecule has 0 spiro atoms. The molecule has 2 aromatic carbocycles. The maximum Gasteiger partial charge on any atom is 0.261 e. The van der Waals surface area contributed by atoms with Gasteiger partial charge in [0.15, 0.2) is 0 Å². The molecular weight excluding hydrogens is 448 g/mol. The van der Waals surface area contributed by atoms with Gasteiger partial charge in [-0.25, -0.2) is 0 Å². The summed E-state index contributed by atoms with van der Waals surface area (Å²) in [5, 5.41) is 4.46. The number of amides is 4. The number of hydrogen-bond acceptors (Lipinski definition) is 6. The zero-order valence-corrected chi connectivity index (χ0v) is 20.1. The summed E-state index contributed by atoms with van der Waals surface area (Å²) in [6.45, 7) is 4.14. The Bertz CT molecular complexity index is 1060. The van der Waals surface area contributed by atoms with E-state index < -0.39 is 0 Å². The third kappa shape index (κ3) is 5.68. The number of piperazine rings is 1. The Balaban J connectivity index is 1.22. The van der Waals surface area contributed by atoms with Crippen LogP contribution in [0, 0.1) is 0 Å². The molecule has 2 heterocycles. The molecule has 2 aromatic rings. The van der Waals surface area contributed by atoms with Gasteiger partial charge in [0.2, 0.25) is 11.8 Å². The Labute approximate surface area is 205 Å². The third-order valence-corrected chi connectivity index (χ3v) is 6.57. The van der Waals surface area contributed by atoms with Crippen molar-refractivity contribution in [2.24, 2.45) is 0 Å². The second-order valence-electron chi connectivity index (χ2n) is 8.93. The van der Waals surface area contributed by atoms with Crippen LogP contribution in [0.4, 0.5) is 0 Å². The first-order valence-corrected chi connectivity index (χ1v) is 12.1. The van der Waals surface area contributed by atoms with E-state index in [0.29, 0.717) is 68.8 Å². The lowest BCUT2D eigenvalue weighted by Gasteiger charge is -2.34. The van der Waals surface area contributed by atoms with Crippen molar-refractivity contribution >= 4 is 34.4 Å². The van der Waals surface area contributed by atoms with Gasteiger partial charge in [-0.05, 0) is 30.4 Å². The van der Waals surface area contributed by atoms with Gasteiger partial charge in [0, 0.05) is 75.9 Å². The number of nitrogens with zero attached hydrogens (tertiary/aromatic N) is 3. The predicted octanol–water partition coefficient (Wildman–Crippen LogP) is 1.51. The summed E-state index contributed by atoms with van der Waals surface area (Å²) in [6.07, 6.45) is 1.46. The van der Waals surface area contributed by atoms with Crippen molar-refractivity contribution in [3.05, 3.63) is 47.5 Å². The summed E-state index contributed by atoms with van der Waals surface area (Å²) < 4.78 is 4.97. The number of methoxy groups -OCH3 is 1. The van der Waals surface area contributed by atoms with Gasteiger partial charge in [-0.15, -0.1) is 0 Å². The van der Waals surface area contributed by atoms with Crippen LogP contribution in [-0.4, -0.2) is 97.9 Å². The smallest absolute Gasteiger partial charge is 0.261 e. The first-order valence-electron chi connectivity index (χ1n) is 12.1. The van der Waals surface area contributed by atoms with Crippen molar-refractivity contribution in [3.63, 3.8) is 0 Å². The molecule has 0 unspecified atom stereocenters. The molecule has 1 fully saturated rings. The van der Waals surface area contributed by atoms with Crippen LogP contribution in [0.3, 0.4) is 0 Å². The van der Waals surface area contributed by atoms with Crippen LogP contribution in [0.2, 0.25) is 0 Å². The van der Waals surface area contributed by atoms with Gasteiger partial charge in [0.05, 0.1) is 6.54 Å². The van der Waals surface area contributed by atoms with Crippen LogP contribution >= 0.6 is 0 Å². The van der Waals surface area contributed by atoms with E-state index in [-0.39, 0.29) is 36.6 Å². The Morgan fingerprint density at radius 3 is 2.23 bits per heavy atom. The normalized spacial score (nSPS) is 16.1. The van der Waals surface area contributed by atoms with Gasteiger partial charge >= 0.3 is 0 Å². The molecule has 2 aliphatic rings. The second-order valence-corrected chi connectivity index (χ2v) is 8.93. The molecule has 35 heavy (non-hydrogen) atoms. The van der Waals surface area contributed by atoms with Gasteiger partial charge in [-0.1, -0.05) is 24.3 Å². The van der Waals surface area contributed by atoms with Crippen LogP contribution in [-0.2, 0) is 14.3 Å². The molecule has 4 rings (SSSR count). The lowest BCUT2D eigenvalue weighted by molar-refractivity contribution is -0.133. The van der Waals surface area contributed by atoms with Crippen LogP contribution in [0.1, 0.15) is 40.0 Å². The van der Waals surface area contributed by atoms with Crippen LogP contribution in [0.15, 0.2) is 36.4 Å². The highest BCUT2D eigenvalue weighted by Crippen LogP contribution is 2.30. The van der Waals surface area contributed by atoms with E-state index in [1.807, 2.05) is 29.2 Å². The van der Waals surface area contributed by atoms with Crippen molar-refractivity contribution in [3.8, 4) is 0 Å². The van der Waals surface area contributed by atoms with E-state index in [0.717, 1.165) is 11.8 Å². The van der Waals surface area contributed by atoms with Crippen molar-refractivity contribution in [2.45, 2.75) is 19.3 Å². The molecule has 2 aliphatic heterocycles. The fraction of sp³-hybridized carbons (Fsp3) is 0.462. The Hall–Kier alpha value is -3.30. The van der Waals surface area contributed by atoms with Crippen molar-refractivity contribution in [2.75, 3.05) is 59.5 Å². The zero-order chi connectivity index (χ0) is 24.8. The highest BCUT2D eigenvalue weighted by atomic mass is 16.5. The average Bonchev–Trinajstić information content (AvgIpc) is 2.87. The standard InChI is InChI=1S/C26H32N4O5/c1-35-17-5-11-27-22(31)18-28-13-15-29(16-14-28)23(32)10-4-12-30-25(33)20-8-2-6-19-7-3-9-21(24(19)20)26(30)34/h2-3,6-9H,4-5,10-18H2,1H3,(H,27,31). The monoisotopic (exact) mass is 480 g/mol.